The molecule has 0 spiro atoms. The van der Waals surface area contributed by atoms with Crippen LogP contribution in [-0.4, -0.2) is 41.0 Å². The topological polar surface area (TPSA) is 119 Å². The van der Waals surface area contributed by atoms with Crippen molar-refractivity contribution >= 4 is 19.8 Å². The standard InChI is InChI=1S/C43H75O8P/c1-3-5-7-9-11-13-15-17-19-21-23-25-27-29-31-33-35-37-42(44)49-39-41(40-50-52(46,47)48)51-43(45)38-36-34-32-30-28-26-24-22-20-18-16-14-12-10-8-6-4-2/h11,13,17-20,24,26,30,32,41H,3-10,12,14-16,21-23,25,27-29,31,33-40H2,1-2H3,(H2,46,47,48)/b13-11-,19-17-,20-18-,26-24-,32-30-/t41-/m1/s1. The van der Waals surface area contributed by atoms with Crippen molar-refractivity contribution in [2.75, 3.05) is 13.2 Å². The van der Waals surface area contributed by atoms with Crippen molar-refractivity contribution < 1.29 is 37.9 Å². The van der Waals surface area contributed by atoms with Crippen molar-refractivity contribution in [2.24, 2.45) is 0 Å². The third-order valence-electron chi connectivity index (χ3n) is 8.51. The van der Waals surface area contributed by atoms with Gasteiger partial charge in [0.15, 0.2) is 6.10 Å². The highest BCUT2D eigenvalue weighted by Gasteiger charge is 2.22. The molecule has 0 amide bonds. The average Bonchev–Trinajstić information content (AvgIpc) is 3.11. The monoisotopic (exact) mass is 751 g/mol. The Morgan fingerprint density at radius 3 is 1.38 bits per heavy atom. The number of carbonyl (C=O) groups excluding carboxylic acids is 2. The average molecular weight is 751 g/mol. The summed E-state index contributed by atoms with van der Waals surface area (Å²) in [5.74, 6) is -0.957. The lowest BCUT2D eigenvalue weighted by atomic mass is 10.1. The molecule has 0 aromatic carbocycles. The fourth-order valence-electron chi connectivity index (χ4n) is 5.42. The predicted octanol–water partition coefficient (Wildman–Crippen LogP) is 12.5. The maximum absolute atomic E-state index is 12.4. The van der Waals surface area contributed by atoms with E-state index in [0.717, 1.165) is 51.4 Å². The van der Waals surface area contributed by atoms with E-state index in [4.69, 9.17) is 19.3 Å². The van der Waals surface area contributed by atoms with Gasteiger partial charge in [-0.3, -0.25) is 14.1 Å². The second kappa shape index (κ2) is 38.5. The molecule has 0 unspecified atom stereocenters. The first kappa shape index (κ1) is 49.8. The molecule has 0 aliphatic rings. The molecule has 0 aliphatic heterocycles. The number of ether oxygens (including phenoxy) is 2. The highest BCUT2D eigenvalue weighted by molar-refractivity contribution is 7.46. The minimum absolute atomic E-state index is 0.136. The van der Waals surface area contributed by atoms with Crippen LogP contribution in [0.4, 0.5) is 0 Å². The third kappa shape index (κ3) is 40.5. The number of esters is 2. The third-order valence-corrected chi connectivity index (χ3v) is 8.99. The van der Waals surface area contributed by atoms with Gasteiger partial charge < -0.3 is 19.3 Å². The van der Waals surface area contributed by atoms with Gasteiger partial charge in [0.05, 0.1) is 6.61 Å². The Balaban J connectivity index is 4.04. The van der Waals surface area contributed by atoms with Crippen LogP contribution < -0.4 is 0 Å². The lowest BCUT2D eigenvalue weighted by Crippen LogP contribution is -2.29. The zero-order chi connectivity index (χ0) is 38.2. The molecule has 0 fully saturated rings. The van der Waals surface area contributed by atoms with Crippen molar-refractivity contribution in [1.82, 2.24) is 0 Å². The van der Waals surface area contributed by atoms with E-state index in [1.807, 2.05) is 6.08 Å². The van der Waals surface area contributed by atoms with Crippen LogP contribution in [0.2, 0.25) is 0 Å². The molecule has 8 nitrogen and oxygen atoms in total. The van der Waals surface area contributed by atoms with E-state index in [1.165, 1.54) is 83.5 Å². The molecule has 0 bridgehead atoms. The zero-order valence-electron chi connectivity index (χ0n) is 32.9. The molecule has 0 aromatic rings. The summed E-state index contributed by atoms with van der Waals surface area (Å²) in [7, 11) is -4.77. The summed E-state index contributed by atoms with van der Waals surface area (Å²) < 4.78 is 26.3. The van der Waals surface area contributed by atoms with Crippen LogP contribution in [0.15, 0.2) is 60.8 Å². The lowest BCUT2D eigenvalue weighted by Gasteiger charge is -2.18. The van der Waals surface area contributed by atoms with Crippen molar-refractivity contribution in [1.29, 1.82) is 0 Å². The van der Waals surface area contributed by atoms with E-state index in [1.54, 1.807) is 0 Å². The smallest absolute Gasteiger partial charge is 0.462 e. The summed E-state index contributed by atoms with van der Waals surface area (Å²) in [5, 5.41) is 0. The molecule has 2 N–H and O–H groups in total. The molecule has 1 atom stereocenters. The normalized spacial score (nSPS) is 13.1. The molecule has 0 rings (SSSR count). The Morgan fingerprint density at radius 2 is 0.885 bits per heavy atom. The van der Waals surface area contributed by atoms with Crippen LogP contribution in [0, 0.1) is 0 Å². The lowest BCUT2D eigenvalue weighted by molar-refractivity contribution is -0.161. The number of hydrogen-bond donors (Lipinski definition) is 2. The van der Waals surface area contributed by atoms with Crippen molar-refractivity contribution in [3.8, 4) is 0 Å². The minimum atomic E-state index is -4.77. The van der Waals surface area contributed by atoms with Crippen LogP contribution in [0.1, 0.15) is 181 Å². The Kier molecular flexibility index (Phi) is 36.8. The van der Waals surface area contributed by atoms with Gasteiger partial charge in [-0.1, -0.05) is 152 Å². The summed E-state index contributed by atoms with van der Waals surface area (Å²) >= 11 is 0. The fraction of sp³-hybridized carbons (Fsp3) is 0.721. The number of phosphoric ester groups is 1. The van der Waals surface area contributed by atoms with Crippen LogP contribution >= 0.6 is 7.82 Å². The summed E-state index contributed by atoms with van der Waals surface area (Å²) in [6, 6.07) is 0. The first-order valence-electron chi connectivity index (χ1n) is 20.6. The van der Waals surface area contributed by atoms with Crippen molar-refractivity contribution in [3.63, 3.8) is 0 Å². The van der Waals surface area contributed by atoms with Gasteiger partial charge in [0.1, 0.15) is 6.61 Å². The first-order chi connectivity index (χ1) is 25.3. The summed E-state index contributed by atoms with van der Waals surface area (Å²) in [4.78, 5) is 42.8. The molecule has 0 radical (unpaired) electrons. The van der Waals surface area contributed by atoms with E-state index >= 15 is 0 Å². The van der Waals surface area contributed by atoms with Gasteiger partial charge in [-0.25, -0.2) is 4.57 Å². The molecule has 0 aliphatic carbocycles. The van der Waals surface area contributed by atoms with E-state index < -0.39 is 32.5 Å². The zero-order valence-corrected chi connectivity index (χ0v) is 33.8. The van der Waals surface area contributed by atoms with E-state index in [-0.39, 0.29) is 19.4 Å². The van der Waals surface area contributed by atoms with E-state index in [2.05, 4.69) is 73.1 Å². The van der Waals surface area contributed by atoms with Gasteiger partial charge in [-0.2, -0.15) is 0 Å². The first-order valence-corrected chi connectivity index (χ1v) is 22.1. The Morgan fingerprint density at radius 1 is 0.500 bits per heavy atom. The SMILES string of the molecule is CCCCC/C=C\C/C=C\CCCCCCCCCC(=O)OC[C@H](COP(=O)(O)O)OC(=O)CCC/C=C\C/C=C\C/C=C\CCCCCCCC. The van der Waals surface area contributed by atoms with Crippen LogP contribution in [0.3, 0.4) is 0 Å². The quantitative estimate of drug-likeness (QED) is 0.0279. The number of unbranched alkanes of at least 4 members (excludes halogenated alkanes) is 17. The maximum atomic E-state index is 12.4. The summed E-state index contributed by atoms with van der Waals surface area (Å²) in [5.41, 5.74) is 0. The largest absolute Gasteiger partial charge is 0.469 e. The Bertz CT molecular complexity index is 1030. The van der Waals surface area contributed by atoms with Gasteiger partial charge in [-0.05, 0) is 77.0 Å². The van der Waals surface area contributed by atoms with Crippen LogP contribution in [-0.2, 0) is 28.2 Å². The molecular formula is C43H75O8P. The number of hydrogen-bond acceptors (Lipinski definition) is 6. The number of allylic oxidation sites excluding steroid dienone is 10. The molecule has 52 heavy (non-hydrogen) atoms. The maximum Gasteiger partial charge on any atom is 0.469 e. The number of rotatable bonds is 37. The van der Waals surface area contributed by atoms with Gasteiger partial charge in [-0.15, -0.1) is 0 Å². The second-order valence-corrected chi connectivity index (χ2v) is 14.8. The van der Waals surface area contributed by atoms with Crippen LogP contribution in [0.25, 0.3) is 0 Å². The predicted molar refractivity (Wildman–Crippen MR) is 216 cm³/mol. The minimum Gasteiger partial charge on any atom is -0.462 e. The van der Waals surface area contributed by atoms with Gasteiger partial charge in [0, 0.05) is 12.8 Å². The van der Waals surface area contributed by atoms with E-state index in [0.29, 0.717) is 19.3 Å². The molecule has 0 saturated carbocycles. The number of carbonyl (C=O) groups is 2. The molecular weight excluding hydrogens is 675 g/mol. The second-order valence-electron chi connectivity index (χ2n) is 13.6. The molecule has 9 heteroatoms. The van der Waals surface area contributed by atoms with E-state index in [9.17, 15) is 14.2 Å². The van der Waals surface area contributed by atoms with Crippen LogP contribution in [0.5, 0.6) is 0 Å². The summed E-state index contributed by atoms with van der Waals surface area (Å²) in [6.45, 7) is 3.60. The number of phosphoric acid groups is 1. The molecule has 300 valence electrons. The van der Waals surface area contributed by atoms with Crippen molar-refractivity contribution in [3.05, 3.63) is 60.8 Å². The Hall–Kier alpha value is -2.25. The fourth-order valence-corrected chi connectivity index (χ4v) is 5.78. The van der Waals surface area contributed by atoms with Gasteiger partial charge in [0.2, 0.25) is 0 Å². The molecule has 0 aromatic heterocycles. The van der Waals surface area contributed by atoms with Gasteiger partial charge in [0.25, 0.3) is 0 Å². The highest BCUT2D eigenvalue weighted by atomic mass is 31.2. The molecule has 0 heterocycles. The highest BCUT2D eigenvalue weighted by Crippen LogP contribution is 2.36. The molecule has 0 saturated heterocycles. The Labute approximate surface area is 317 Å². The summed E-state index contributed by atoms with van der Waals surface area (Å²) in [6.07, 6.45) is 48.0. The van der Waals surface area contributed by atoms with Crippen molar-refractivity contribution in [2.45, 2.75) is 187 Å². The van der Waals surface area contributed by atoms with Gasteiger partial charge >= 0.3 is 19.8 Å².